The monoisotopic (exact) mass is 352 g/mol. The summed E-state index contributed by atoms with van der Waals surface area (Å²) in [4.78, 5) is 12.6. The molecule has 0 radical (unpaired) electrons. The molecule has 1 fully saturated rings. The van der Waals surface area contributed by atoms with Crippen molar-refractivity contribution < 1.29 is 13.9 Å². The average molecular weight is 353 g/mol. The van der Waals surface area contributed by atoms with Gasteiger partial charge in [0.1, 0.15) is 5.58 Å². The number of carbonyl (C=O) groups excluding carboxylic acids is 1. The van der Waals surface area contributed by atoms with Crippen LogP contribution in [0.5, 0.6) is 0 Å². The van der Waals surface area contributed by atoms with E-state index in [9.17, 15) is 4.79 Å². The van der Waals surface area contributed by atoms with Gasteiger partial charge in [-0.25, -0.2) is 0 Å². The number of hydrogen-bond acceptors (Lipinski definition) is 4. The molecule has 1 saturated heterocycles. The molecule has 2 N–H and O–H groups in total. The number of amides is 1. The number of piperidine rings is 1. The molecule has 1 aliphatic rings. The highest BCUT2D eigenvalue weighted by Crippen LogP contribution is 2.29. The summed E-state index contributed by atoms with van der Waals surface area (Å²) >= 11 is 0. The summed E-state index contributed by atoms with van der Waals surface area (Å²) in [6, 6.07) is 7.73. The van der Waals surface area contributed by atoms with E-state index in [1.807, 2.05) is 31.2 Å². The molecule has 0 bridgehead atoms. The summed E-state index contributed by atoms with van der Waals surface area (Å²) in [6.07, 6.45) is 2.00. The lowest BCUT2D eigenvalue weighted by atomic mass is 9.79. The van der Waals surface area contributed by atoms with Crippen molar-refractivity contribution in [3.63, 3.8) is 0 Å². The molecule has 2 heterocycles. The summed E-state index contributed by atoms with van der Waals surface area (Å²) in [7, 11) is 1.72. The second-order valence-corrected chi connectivity index (χ2v) is 6.42. The summed E-state index contributed by atoms with van der Waals surface area (Å²) in [6.45, 7) is 5.12. The molecule has 1 aromatic carbocycles. The van der Waals surface area contributed by atoms with Crippen molar-refractivity contribution in [1.82, 2.24) is 10.6 Å². The summed E-state index contributed by atoms with van der Waals surface area (Å²) in [5, 5.41) is 7.40. The predicted molar refractivity (Wildman–Crippen MR) is 96.9 cm³/mol. The minimum Gasteiger partial charge on any atom is -0.451 e. The molecule has 0 atom stereocenters. The van der Waals surface area contributed by atoms with Gasteiger partial charge in [-0.15, -0.1) is 12.4 Å². The number of benzene rings is 1. The molecular weight excluding hydrogens is 328 g/mol. The molecule has 0 aliphatic carbocycles. The number of carbonyl (C=O) groups is 1. The van der Waals surface area contributed by atoms with Crippen LogP contribution in [0.3, 0.4) is 0 Å². The second-order valence-electron chi connectivity index (χ2n) is 6.42. The molecule has 6 heteroatoms. The van der Waals surface area contributed by atoms with Gasteiger partial charge in [0.05, 0.1) is 6.61 Å². The summed E-state index contributed by atoms with van der Waals surface area (Å²) < 4.78 is 11.1. The van der Waals surface area contributed by atoms with E-state index in [0.717, 1.165) is 42.5 Å². The maximum absolute atomic E-state index is 12.6. The number of hydrogen-bond donors (Lipinski definition) is 2. The van der Waals surface area contributed by atoms with Crippen molar-refractivity contribution in [2.24, 2.45) is 5.41 Å². The highest BCUT2D eigenvalue weighted by molar-refractivity contribution is 5.98. The lowest BCUT2D eigenvalue weighted by Gasteiger charge is -2.37. The number of furan rings is 1. The van der Waals surface area contributed by atoms with Crippen LogP contribution in [0.1, 0.15) is 29.0 Å². The Labute approximate surface area is 148 Å². The Kier molecular flexibility index (Phi) is 6.27. The molecule has 132 valence electrons. The molecule has 2 aromatic rings. The first-order valence-electron chi connectivity index (χ1n) is 8.11. The maximum Gasteiger partial charge on any atom is 0.287 e. The Morgan fingerprint density at radius 3 is 2.71 bits per heavy atom. The van der Waals surface area contributed by atoms with E-state index in [2.05, 4.69) is 10.6 Å². The third-order valence-electron chi connectivity index (χ3n) is 4.79. The SMILES string of the molecule is COCC1(CNC(=O)c2oc3ccccc3c2C)CCNCC1.Cl. The Morgan fingerprint density at radius 2 is 2.04 bits per heavy atom. The fourth-order valence-electron chi connectivity index (χ4n) is 3.37. The van der Waals surface area contributed by atoms with Crippen LogP contribution in [0, 0.1) is 12.3 Å². The molecule has 3 rings (SSSR count). The molecular formula is C18H25ClN2O3. The number of nitrogens with one attached hydrogen (secondary N) is 2. The lowest BCUT2D eigenvalue weighted by molar-refractivity contribution is 0.0506. The van der Waals surface area contributed by atoms with Gasteiger partial charge in [-0.2, -0.15) is 0 Å². The number of para-hydroxylation sites is 1. The van der Waals surface area contributed by atoms with Gasteiger partial charge in [0.15, 0.2) is 5.76 Å². The summed E-state index contributed by atoms with van der Waals surface area (Å²) in [5.74, 6) is 0.264. The van der Waals surface area contributed by atoms with E-state index >= 15 is 0 Å². The summed E-state index contributed by atoms with van der Waals surface area (Å²) in [5.41, 5.74) is 1.66. The van der Waals surface area contributed by atoms with Gasteiger partial charge in [-0.1, -0.05) is 18.2 Å². The van der Waals surface area contributed by atoms with Crippen LogP contribution < -0.4 is 10.6 Å². The van der Waals surface area contributed by atoms with E-state index in [4.69, 9.17) is 9.15 Å². The number of fused-ring (bicyclic) bond motifs is 1. The first kappa shape index (κ1) is 18.8. The molecule has 24 heavy (non-hydrogen) atoms. The van der Waals surface area contributed by atoms with Crippen molar-refractivity contribution in [1.29, 1.82) is 0 Å². The lowest BCUT2D eigenvalue weighted by Crippen LogP contribution is -2.47. The quantitative estimate of drug-likeness (QED) is 0.868. The number of methoxy groups -OCH3 is 1. The molecule has 0 unspecified atom stereocenters. The van der Waals surface area contributed by atoms with Crippen LogP contribution in [0.2, 0.25) is 0 Å². The van der Waals surface area contributed by atoms with Crippen LogP contribution in [0.25, 0.3) is 11.0 Å². The van der Waals surface area contributed by atoms with Crippen molar-refractivity contribution >= 4 is 29.3 Å². The largest absolute Gasteiger partial charge is 0.451 e. The van der Waals surface area contributed by atoms with Gasteiger partial charge in [0.25, 0.3) is 5.91 Å². The third kappa shape index (κ3) is 3.74. The zero-order valence-electron chi connectivity index (χ0n) is 14.2. The fourth-order valence-corrected chi connectivity index (χ4v) is 3.37. The van der Waals surface area contributed by atoms with E-state index in [1.54, 1.807) is 7.11 Å². The number of ether oxygens (including phenoxy) is 1. The third-order valence-corrected chi connectivity index (χ3v) is 4.79. The Balaban J connectivity index is 0.00000208. The van der Waals surface area contributed by atoms with Crippen LogP contribution in [0.15, 0.2) is 28.7 Å². The highest BCUT2D eigenvalue weighted by Gasteiger charge is 2.33. The number of aryl methyl sites for hydroxylation is 1. The Morgan fingerprint density at radius 1 is 1.33 bits per heavy atom. The Hall–Kier alpha value is -1.56. The first-order valence-corrected chi connectivity index (χ1v) is 8.11. The van der Waals surface area contributed by atoms with Crippen LogP contribution >= 0.6 is 12.4 Å². The molecule has 1 aliphatic heterocycles. The van der Waals surface area contributed by atoms with Gasteiger partial charge in [-0.05, 0) is 38.9 Å². The highest BCUT2D eigenvalue weighted by atomic mass is 35.5. The smallest absolute Gasteiger partial charge is 0.287 e. The molecule has 1 aromatic heterocycles. The molecule has 1 amide bonds. The normalized spacial score (nSPS) is 16.6. The molecule has 5 nitrogen and oxygen atoms in total. The van der Waals surface area contributed by atoms with Crippen molar-refractivity contribution in [2.75, 3.05) is 33.4 Å². The maximum atomic E-state index is 12.6. The van der Waals surface area contributed by atoms with Crippen LogP contribution in [-0.2, 0) is 4.74 Å². The number of halogens is 1. The second kappa shape index (κ2) is 8.01. The van der Waals surface area contributed by atoms with E-state index in [-0.39, 0.29) is 23.7 Å². The molecule has 0 spiro atoms. The van der Waals surface area contributed by atoms with E-state index in [1.165, 1.54) is 0 Å². The zero-order chi connectivity index (χ0) is 16.3. The van der Waals surface area contributed by atoms with Crippen LogP contribution in [-0.4, -0.2) is 39.3 Å². The first-order chi connectivity index (χ1) is 11.2. The minimum absolute atomic E-state index is 0. The predicted octanol–water partition coefficient (Wildman–Crippen LogP) is 2.91. The average Bonchev–Trinajstić information content (AvgIpc) is 2.91. The van der Waals surface area contributed by atoms with Crippen molar-refractivity contribution in [3.05, 3.63) is 35.6 Å². The van der Waals surface area contributed by atoms with Crippen molar-refractivity contribution in [3.8, 4) is 0 Å². The Bertz CT molecular complexity index is 687. The number of rotatable bonds is 5. The van der Waals surface area contributed by atoms with Crippen LogP contribution in [0.4, 0.5) is 0 Å². The molecule has 0 saturated carbocycles. The van der Waals surface area contributed by atoms with Gasteiger partial charge in [0.2, 0.25) is 0 Å². The van der Waals surface area contributed by atoms with Gasteiger partial charge in [0, 0.05) is 30.0 Å². The standard InChI is InChI=1S/C18H24N2O3.ClH/c1-13-14-5-3-4-6-15(14)23-16(13)17(21)20-11-18(12-22-2)7-9-19-10-8-18;/h3-6,19H,7-12H2,1-2H3,(H,20,21);1H. The van der Waals surface area contributed by atoms with E-state index in [0.29, 0.717) is 18.9 Å². The topological polar surface area (TPSA) is 63.5 Å². The van der Waals surface area contributed by atoms with Gasteiger partial charge in [-0.3, -0.25) is 4.79 Å². The minimum atomic E-state index is -0.146. The van der Waals surface area contributed by atoms with Gasteiger partial charge < -0.3 is 19.8 Å². The van der Waals surface area contributed by atoms with Gasteiger partial charge >= 0.3 is 0 Å². The van der Waals surface area contributed by atoms with E-state index < -0.39 is 0 Å². The fraction of sp³-hybridized carbons (Fsp3) is 0.500. The van der Waals surface area contributed by atoms with Crippen molar-refractivity contribution in [2.45, 2.75) is 19.8 Å². The zero-order valence-corrected chi connectivity index (χ0v) is 15.0.